The van der Waals surface area contributed by atoms with E-state index in [1.54, 1.807) is 30.0 Å². The Hall–Kier alpha value is -3.31. The third kappa shape index (κ3) is 8.38. The number of carboxylic acid groups (broad SMARTS) is 2. The molecule has 2 aliphatic rings. The lowest BCUT2D eigenvalue weighted by atomic mass is 9.87. The second kappa shape index (κ2) is 15.2. The number of hydrogen-bond acceptors (Lipinski definition) is 7. The maximum atomic E-state index is 14.1. The Balaban J connectivity index is 0.000000446. The van der Waals surface area contributed by atoms with Crippen molar-refractivity contribution in [3.63, 3.8) is 0 Å². The number of anilines is 2. The lowest BCUT2D eigenvalue weighted by molar-refractivity contribution is -0.134. The largest absolute Gasteiger partial charge is 0.478 e. The third-order valence-electron chi connectivity index (χ3n) is 7.36. The Kier molecular flexibility index (Phi) is 11.5. The van der Waals surface area contributed by atoms with Gasteiger partial charge in [0, 0.05) is 38.9 Å². The molecule has 2 aliphatic heterocycles. The van der Waals surface area contributed by atoms with E-state index in [4.69, 9.17) is 10.2 Å². The zero-order valence-electron chi connectivity index (χ0n) is 23.4. The number of aliphatic hydroxyl groups excluding tert-OH is 1. The molecule has 0 amide bonds. The van der Waals surface area contributed by atoms with E-state index in [1.807, 2.05) is 11.8 Å². The summed E-state index contributed by atoms with van der Waals surface area (Å²) < 4.78 is 14.1. The molecule has 7 nitrogen and oxygen atoms in total. The number of para-hydroxylation sites is 1. The summed E-state index contributed by atoms with van der Waals surface area (Å²) in [5.41, 5.74) is 3.04. The number of benzene rings is 3. The number of aliphatic hydroxyl groups is 1. The summed E-state index contributed by atoms with van der Waals surface area (Å²) in [7, 11) is 0. The third-order valence-corrected chi connectivity index (χ3v) is 9.22. The maximum Gasteiger partial charge on any atom is 0.328 e. The Labute approximate surface area is 254 Å². The number of aliphatic carboxylic acids is 2. The average Bonchev–Trinajstić information content (AvgIpc) is 3.00. The van der Waals surface area contributed by atoms with Gasteiger partial charge >= 0.3 is 11.9 Å². The smallest absolute Gasteiger partial charge is 0.328 e. The highest BCUT2D eigenvalue weighted by molar-refractivity contribution is 8.00. The number of rotatable bonds is 9. The highest BCUT2D eigenvalue weighted by atomic mass is 32.2. The summed E-state index contributed by atoms with van der Waals surface area (Å²) in [4.78, 5) is 28.0. The van der Waals surface area contributed by atoms with E-state index in [9.17, 15) is 19.1 Å². The SMILES string of the molecule is CSc1ccc2c(c1)N(CCCN1CCC(C(O)c3ccccc3F)CC1)c1ccccc1S2.O=C(O)/C=C/C(=O)O. The van der Waals surface area contributed by atoms with Crippen LogP contribution < -0.4 is 4.90 Å². The van der Waals surface area contributed by atoms with Gasteiger partial charge < -0.3 is 25.1 Å². The number of carboxylic acids is 2. The molecule has 10 heteroatoms. The van der Waals surface area contributed by atoms with Crippen LogP contribution in [0.4, 0.5) is 15.8 Å². The average molecular weight is 611 g/mol. The minimum atomic E-state index is -1.26. The molecule has 3 N–H and O–H groups in total. The lowest BCUT2D eigenvalue weighted by Gasteiger charge is -2.36. The summed E-state index contributed by atoms with van der Waals surface area (Å²) in [6.45, 7) is 3.91. The molecule has 1 fully saturated rings. The lowest BCUT2D eigenvalue weighted by Crippen LogP contribution is -2.37. The zero-order chi connectivity index (χ0) is 30.1. The molecule has 0 aromatic heterocycles. The Morgan fingerprint density at radius 1 is 0.952 bits per heavy atom. The van der Waals surface area contributed by atoms with Crippen molar-refractivity contribution in [3.05, 3.63) is 90.3 Å². The molecule has 2 heterocycles. The molecular weight excluding hydrogens is 575 g/mol. The van der Waals surface area contributed by atoms with Crippen LogP contribution >= 0.6 is 23.5 Å². The zero-order valence-corrected chi connectivity index (χ0v) is 25.0. The van der Waals surface area contributed by atoms with Gasteiger partial charge in [-0.05, 0) is 87.5 Å². The molecule has 0 spiro atoms. The number of likely N-dealkylation sites (tertiary alicyclic amines) is 1. The van der Waals surface area contributed by atoms with Gasteiger partial charge in [0.1, 0.15) is 5.82 Å². The second-order valence-corrected chi connectivity index (χ2v) is 12.0. The molecule has 1 saturated heterocycles. The van der Waals surface area contributed by atoms with Gasteiger partial charge in [0.2, 0.25) is 0 Å². The first-order valence-corrected chi connectivity index (χ1v) is 15.8. The quantitative estimate of drug-likeness (QED) is 0.181. The number of nitrogens with zero attached hydrogens (tertiary/aromatic N) is 2. The van der Waals surface area contributed by atoms with Crippen LogP contribution in [0.5, 0.6) is 0 Å². The van der Waals surface area contributed by atoms with Crippen molar-refractivity contribution in [1.82, 2.24) is 4.90 Å². The molecule has 5 rings (SSSR count). The van der Waals surface area contributed by atoms with Crippen LogP contribution in [-0.2, 0) is 9.59 Å². The van der Waals surface area contributed by atoms with Crippen LogP contribution in [0.15, 0.2) is 93.6 Å². The minimum Gasteiger partial charge on any atom is -0.478 e. The van der Waals surface area contributed by atoms with Crippen LogP contribution in [0.1, 0.15) is 30.9 Å². The Bertz CT molecular complexity index is 1400. The van der Waals surface area contributed by atoms with Gasteiger partial charge in [-0.25, -0.2) is 14.0 Å². The van der Waals surface area contributed by atoms with Crippen molar-refractivity contribution in [2.45, 2.75) is 40.1 Å². The number of carbonyl (C=O) groups is 2. The summed E-state index contributed by atoms with van der Waals surface area (Å²) in [6, 6.07) is 22.1. The molecule has 0 bridgehead atoms. The topological polar surface area (TPSA) is 101 Å². The first kappa shape index (κ1) is 31.6. The maximum absolute atomic E-state index is 14.1. The molecule has 222 valence electrons. The number of piperidine rings is 1. The Morgan fingerprint density at radius 3 is 2.26 bits per heavy atom. The van der Waals surface area contributed by atoms with E-state index in [2.05, 4.69) is 58.5 Å². The van der Waals surface area contributed by atoms with Crippen LogP contribution in [0, 0.1) is 11.7 Å². The summed E-state index contributed by atoms with van der Waals surface area (Å²) in [5, 5.41) is 26.3. The van der Waals surface area contributed by atoms with Crippen molar-refractivity contribution in [2.24, 2.45) is 5.92 Å². The predicted molar refractivity (Wildman–Crippen MR) is 165 cm³/mol. The van der Waals surface area contributed by atoms with Crippen LogP contribution in [0.2, 0.25) is 0 Å². The number of hydrogen-bond donors (Lipinski definition) is 3. The summed E-state index contributed by atoms with van der Waals surface area (Å²) >= 11 is 3.64. The van der Waals surface area contributed by atoms with Gasteiger partial charge in [-0.15, -0.1) is 11.8 Å². The molecular formula is C32H35FN2O5S2. The van der Waals surface area contributed by atoms with Crippen molar-refractivity contribution < 1.29 is 29.3 Å². The molecule has 3 aromatic carbocycles. The highest BCUT2D eigenvalue weighted by Gasteiger charge is 2.28. The van der Waals surface area contributed by atoms with Crippen molar-refractivity contribution in [2.75, 3.05) is 37.3 Å². The molecule has 0 saturated carbocycles. The molecule has 1 atom stereocenters. The van der Waals surface area contributed by atoms with Gasteiger partial charge in [0.05, 0.1) is 17.5 Å². The molecule has 3 aromatic rings. The van der Waals surface area contributed by atoms with Crippen molar-refractivity contribution >= 4 is 46.8 Å². The first-order chi connectivity index (χ1) is 20.3. The molecule has 42 heavy (non-hydrogen) atoms. The van der Waals surface area contributed by atoms with E-state index in [-0.39, 0.29) is 11.7 Å². The van der Waals surface area contributed by atoms with E-state index in [0.29, 0.717) is 17.7 Å². The van der Waals surface area contributed by atoms with E-state index >= 15 is 0 Å². The second-order valence-electron chi connectivity index (χ2n) is 10.1. The van der Waals surface area contributed by atoms with Gasteiger partial charge in [0.15, 0.2) is 0 Å². The van der Waals surface area contributed by atoms with Gasteiger partial charge in [0.25, 0.3) is 0 Å². The predicted octanol–water partition coefficient (Wildman–Crippen LogP) is 6.70. The summed E-state index contributed by atoms with van der Waals surface area (Å²) in [5.74, 6) is -2.70. The van der Waals surface area contributed by atoms with Gasteiger partial charge in [-0.1, -0.05) is 42.1 Å². The first-order valence-electron chi connectivity index (χ1n) is 13.8. The van der Waals surface area contributed by atoms with Crippen molar-refractivity contribution in [1.29, 1.82) is 0 Å². The van der Waals surface area contributed by atoms with Crippen LogP contribution in [-0.4, -0.2) is 64.6 Å². The molecule has 0 aliphatic carbocycles. The highest BCUT2D eigenvalue weighted by Crippen LogP contribution is 2.49. The fourth-order valence-electron chi connectivity index (χ4n) is 5.23. The normalized spacial score (nSPS) is 15.8. The summed E-state index contributed by atoms with van der Waals surface area (Å²) in [6.07, 6.45) is 5.40. The van der Waals surface area contributed by atoms with E-state index < -0.39 is 18.0 Å². The van der Waals surface area contributed by atoms with Crippen LogP contribution in [0.3, 0.4) is 0 Å². The van der Waals surface area contributed by atoms with E-state index in [1.165, 1.54) is 32.1 Å². The van der Waals surface area contributed by atoms with Gasteiger partial charge in [-0.2, -0.15) is 0 Å². The van der Waals surface area contributed by atoms with Crippen molar-refractivity contribution in [3.8, 4) is 0 Å². The fraction of sp³-hybridized carbons (Fsp3) is 0.312. The standard InChI is InChI=1S/C28H31FN2OS2.C4H4O4/c1-33-21-11-12-27-25(19-21)31(24-9-4-5-10-26(24)34-27)16-6-15-30-17-13-20(14-18-30)28(32)22-7-2-3-8-23(22)29;5-3(6)1-2-4(7)8/h2-5,7-12,19-20,28,32H,6,13-18H2,1H3;1-2H,(H,5,6)(H,7,8)/b;2-1+. The number of halogens is 1. The monoisotopic (exact) mass is 610 g/mol. The molecule has 1 unspecified atom stereocenters. The molecule has 0 radical (unpaired) electrons. The Morgan fingerprint density at radius 2 is 1.60 bits per heavy atom. The number of fused-ring (bicyclic) bond motifs is 2. The van der Waals surface area contributed by atoms with Gasteiger partial charge in [-0.3, -0.25) is 0 Å². The fourth-order valence-corrected chi connectivity index (χ4v) is 6.74. The number of thioether (sulfide) groups is 1. The van der Waals surface area contributed by atoms with Crippen LogP contribution in [0.25, 0.3) is 0 Å². The minimum absolute atomic E-state index is 0.121. The van der Waals surface area contributed by atoms with E-state index in [0.717, 1.165) is 45.4 Å².